The fourth-order valence-corrected chi connectivity index (χ4v) is 4.83. The molecule has 0 N–H and O–H groups in total. The standard InChI is InChI=1S/C22H20N8/c1-2-22-9-6-12-30(22)20-16(29-14-26-28-21(22)29)13-25-19(27-20)18-17(23-10-11-24-18)15-7-4-3-5-8-15/h3-5,7-8,10-11,13-14H,2,6,9,12H2,1H3. The van der Waals surface area contributed by atoms with Crippen molar-refractivity contribution in [2.24, 2.45) is 0 Å². The Labute approximate surface area is 173 Å². The Morgan fingerprint density at radius 1 is 1.03 bits per heavy atom. The third-order valence-electron chi connectivity index (χ3n) is 6.26. The van der Waals surface area contributed by atoms with Crippen LogP contribution < -0.4 is 4.90 Å². The van der Waals surface area contributed by atoms with Gasteiger partial charge in [-0.2, -0.15) is 0 Å². The fraction of sp³-hybridized carbons (Fsp3) is 0.273. The lowest BCUT2D eigenvalue weighted by Gasteiger charge is -2.42. The first-order valence-electron chi connectivity index (χ1n) is 10.2. The first kappa shape index (κ1) is 17.2. The molecular formula is C22H20N8. The Kier molecular flexibility index (Phi) is 3.68. The molecule has 4 aromatic rings. The first-order chi connectivity index (χ1) is 14.8. The van der Waals surface area contributed by atoms with Crippen LogP contribution in [-0.2, 0) is 5.54 Å². The van der Waals surface area contributed by atoms with Crippen molar-refractivity contribution in [2.45, 2.75) is 31.7 Å². The molecule has 2 aliphatic rings. The van der Waals surface area contributed by atoms with E-state index >= 15 is 0 Å². The highest BCUT2D eigenvalue weighted by atomic mass is 15.4. The summed E-state index contributed by atoms with van der Waals surface area (Å²) in [6.45, 7) is 3.15. The van der Waals surface area contributed by atoms with Crippen LogP contribution in [0.2, 0.25) is 0 Å². The van der Waals surface area contributed by atoms with Crippen LogP contribution in [0.25, 0.3) is 28.5 Å². The van der Waals surface area contributed by atoms with Crippen LogP contribution in [0.5, 0.6) is 0 Å². The van der Waals surface area contributed by atoms with Crippen LogP contribution in [0.4, 0.5) is 5.82 Å². The largest absolute Gasteiger partial charge is 0.342 e. The number of anilines is 1. The summed E-state index contributed by atoms with van der Waals surface area (Å²) in [4.78, 5) is 21.3. The van der Waals surface area contributed by atoms with Crippen LogP contribution in [0, 0.1) is 0 Å². The predicted molar refractivity (Wildman–Crippen MR) is 112 cm³/mol. The van der Waals surface area contributed by atoms with Crippen molar-refractivity contribution in [2.75, 3.05) is 11.4 Å². The van der Waals surface area contributed by atoms with E-state index in [2.05, 4.69) is 37.0 Å². The summed E-state index contributed by atoms with van der Waals surface area (Å²) in [5, 5.41) is 8.67. The van der Waals surface area contributed by atoms with Crippen molar-refractivity contribution < 1.29 is 0 Å². The molecule has 8 heteroatoms. The van der Waals surface area contributed by atoms with Gasteiger partial charge in [-0.25, -0.2) is 15.0 Å². The van der Waals surface area contributed by atoms with Crippen molar-refractivity contribution in [3.8, 4) is 28.5 Å². The van der Waals surface area contributed by atoms with E-state index < -0.39 is 0 Å². The van der Waals surface area contributed by atoms with Gasteiger partial charge in [-0.05, 0) is 19.3 Å². The van der Waals surface area contributed by atoms with E-state index in [1.54, 1.807) is 18.7 Å². The van der Waals surface area contributed by atoms with E-state index in [0.29, 0.717) is 11.5 Å². The molecule has 0 aliphatic carbocycles. The molecule has 1 aromatic carbocycles. The van der Waals surface area contributed by atoms with Crippen LogP contribution in [0.3, 0.4) is 0 Å². The van der Waals surface area contributed by atoms with Crippen molar-refractivity contribution in [3.63, 3.8) is 0 Å². The minimum absolute atomic E-state index is 0.167. The summed E-state index contributed by atoms with van der Waals surface area (Å²) in [6.07, 6.45) is 10.1. The van der Waals surface area contributed by atoms with Gasteiger partial charge in [-0.15, -0.1) is 10.2 Å². The summed E-state index contributed by atoms with van der Waals surface area (Å²) in [6, 6.07) is 10.0. The Balaban J connectivity index is 1.55. The molecule has 30 heavy (non-hydrogen) atoms. The minimum Gasteiger partial charge on any atom is -0.342 e. The SMILES string of the molecule is CCC12CCCN1c1nc(-c3nccnc3-c3ccccc3)ncc1-n1cnnc12. The predicted octanol–water partition coefficient (Wildman–Crippen LogP) is 3.40. The molecule has 1 saturated heterocycles. The van der Waals surface area contributed by atoms with E-state index in [9.17, 15) is 0 Å². The van der Waals surface area contributed by atoms with E-state index in [1.807, 2.05) is 41.1 Å². The number of hydrogen-bond donors (Lipinski definition) is 0. The summed E-state index contributed by atoms with van der Waals surface area (Å²) in [5.41, 5.74) is 3.20. The Bertz CT molecular complexity index is 1230. The van der Waals surface area contributed by atoms with Crippen LogP contribution >= 0.6 is 0 Å². The molecule has 0 radical (unpaired) electrons. The summed E-state index contributed by atoms with van der Waals surface area (Å²) in [5.74, 6) is 2.47. The van der Waals surface area contributed by atoms with Gasteiger partial charge in [-0.3, -0.25) is 9.55 Å². The van der Waals surface area contributed by atoms with Crippen molar-refractivity contribution in [3.05, 3.63) is 61.1 Å². The Morgan fingerprint density at radius 3 is 2.70 bits per heavy atom. The minimum atomic E-state index is -0.167. The van der Waals surface area contributed by atoms with Crippen molar-refractivity contribution >= 4 is 5.82 Å². The van der Waals surface area contributed by atoms with E-state index in [4.69, 9.17) is 4.98 Å². The maximum absolute atomic E-state index is 5.02. The second kappa shape index (κ2) is 6.41. The number of hydrogen-bond acceptors (Lipinski definition) is 7. The van der Waals surface area contributed by atoms with Crippen LogP contribution in [-0.4, -0.2) is 41.2 Å². The van der Waals surface area contributed by atoms with E-state index in [-0.39, 0.29) is 5.54 Å². The van der Waals surface area contributed by atoms with E-state index in [1.165, 1.54) is 0 Å². The average molecular weight is 396 g/mol. The van der Waals surface area contributed by atoms with Gasteiger partial charge < -0.3 is 4.90 Å². The summed E-state index contributed by atoms with van der Waals surface area (Å²) < 4.78 is 2.04. The summed E-state index contributed by atoms with van der Waals surface area (Å²) >= 11 is 0. The molecule has 3 aromatic heterocycles. The summed E-state index contributed by atoms with van der Waals surface area (Å²) in [7, 11) is 0. The van der Waals surface area contributed by atoms with Gasteiger partial charge in [0.1, 0.15) is 23.2 Å². The number of benzene rings is 1. The molecule has 1 fully saturated rings. The monoisotopic (exact) mass is 396 g/mol. The zero-order valence-corrected chi connectivity index (χ0v) is 16.6. The quantitative estimate of drug-likeness (QED) is 0.525. The van der Waals surface area contributed by atoms with Gasteiger partial charge in [0, 0.05) is 24.5 Å². The molecule has 0 amide bonds. The molecule has 8 nitrogen and oxygen atoms in total. The van der Waals surface area contributed by atoms with Crippen molar-refractivity contribution in [1.29, 1.82) is 0 Å². The second-order valence-corrected chi connectivity index (χ2v) is 7.69. The maximum Gasteiger partial charge on any atom is 0.182 e. The molecule has 148 valence electrons. The van der Waals surface area contributed by atoms with E-state index in [0.717, 1.165) is 54.4 Å². The molecule has 0 bridgehead atoms. The lowest BCUT2D eigenvalue weighted by Crippen LogP contribution is -2.46. The highest BCUT2D eigenvalue weighted by Gasteiger charge is 2.49. The van der Waals surface area contributed by atoms with Gasteiger partial charge in [0.25, 0.3) is 0 Å². The highest BCUT2D eigenvalue weighted by Crippen LogP contribution is 2.48. The normalized spacial score (nSPS) is 19.3. The second-order valence-electron chi connectivity index (χ2n) is 7.69. The lowest BCUT2D eigenvalue weighted by molar-refractivity contribution is 0.382. The highest BCUT2D eigenvalue weighted by molar-refractivity contribution is 5.76. The first-order valence-corrected chi connectivity index (χ1v) is 10.2. The zero-order chi connectivity index (χ0) is 20.1. The topological polar surface area (TPSA) is 85.5 Å². The molecular weight excluding hydrogens is 376 g/mol. The number of aromatic nitrogens is 7. The lowest BCUT2D eigenvalue weighted by atomic mass is 9.90. The van der Waals surface area contributed by atoms with Gasteiger partial charge in [0.2, 0.25) is 0 Å². The number of nitrogens with zero attached hydrogens (tertiary/aromatic N) is 8. The molecule has 1 unspecified atom stereocenters. The molecule has 0 saturated carbocycles. The van der Waals surface area contributed by atoms with Gasteiger partial charge >= 0.3 is 0 Å². The smallest absolute Gasteiger partial charge is 0.182 e. The van der Waals surface area contributed by atoms with Crippen LogP contribution in [0.1, 0.15) is 32.0 Å². The van der Waals surface area contributed by atoms with Crippen LogP contribution in [0.15, 0.2) is 55.2 Å². The fourth-order valence-electron chi connectivity index (χ4n) is 4.83. The molecule has 0 spiro atoms. The number of fused-ring (bicyclic) bond motifs is 6. The van der Waals surface area contributed by atoms with Gasteiger partial charge in [-0.1, -0.05) is 37.3 Å². The molecule has 2 aliphatic heterocycles. The molecule has 6 rings (SSSR count). The van der Waals surface area contributed by atoms with Crippen molar-refractivity contribution in [1.82, 2.24) is 34.7 Å². The molecule has 1 atom stereocenters. The van der Waals surface area contributed by atoms with Gasteiger partial charge in [0.05, 0.1) is 11.9 Å². The zero-order valence-electron chi connectivity index (χ0n) is 16.6. The molecule has 5 heterocycles. The Morgan fingerprint density at radius 2 is 1.87 bits per heavy atom. The number of rotatable bonds is 3. The maximum atomic E-state index is 5.02. The third kappa shape index (κ3) is 2.27. The third-order valence-corrected chi connectivity index (χ3v) is 6.26. The van der Waals surface area contributed by atoms with Gasteiger partial charge in [0.15, 0.2) is 17.5 Å². The average Bonchev–Trinajstić information content (AvgIpc) is 3.47. The Hall–Kier alpha value is -3.68.